The molecule has 5 nitrogen and oxygen atoms in total. The van der Waals surface area contributed by atoms with Gasteiger partial charge in [0.2, 0.25) is 0 Å². The van der Waals surface area contributed by atoms with E-state index in [0.717, 1.165) is 16.8 Å². The third-order valence-electron chi connectivity index (χ3n) is 4.86. The van der Waals surface area contributed by atoms with Crippen molar-refractivity contribution >= 4 is 80.8 Å². The highest BCUT2D eigenvalue weighted by molar-refractivity contribution is 8.27. The Kier molecular flexibility index (Phi) is 7.58. The Morgan fingerprint density at radius 1 is 1.09 bits per heavy atom. The Bertz CT molecular complexity index is 1290. The largest absolute Gasteiger partial charge is 0.484 e. The summed E-state index contributed by atoms with van der Waals surface area (Å²) in [7, 11) is 0. The number of carbonyl (C=O) groups excluding carboxylic acids is 2. The highest BCUT2D eigenvalue weighted by atomic mass is 35.5. The molecule has 0 radical (unpaired) electrons. The van der Waals surface area contributed by atoms with Crippen molar-refractivity contribution < 1.29 is 14.3 Å². The van der Waals surface area contributed by atoms with Gasteiger partial charge in [-0.2, -0.15) is 0 Å². The zero-order chi connectivity index (χ0) is 24.2. The van der Waals surface area contributed by atoms with Crippen molar-refractivity contribution in [1.29, 1.82) is 0 Å². The fourth-order valence-corrected chi connectivity index (χ4v) is 4.78. The highest BCUT2D eigenvalue weighted by Crippen LogP contribution is 2.36. The van der Waals surface area contributed by atoms with E-state index in [0.29, 0.717) is 25.7 Å². The molecule has 0 aliphatic carbocycles. The van der Waals surface area contributed by atoms with Gasteiger partial charge in [-0.1, -0.05) is 83.1 Å². The van der Waals surface area contributed by atoms with Crippen LogP contribution in [0.2, 0.25) is 10.0 Å². The van der Waals surface area contributed by atoms with Crippen molar-refractivity contribution in [3.63, 3.8) is 0 Å². The molecule has 0 unspecified atom stereocenters. The maximum Gasteiger partial charge on any atom is 0.270 e. The van der Waals surface area contributed by atoms with E-state index in [1.807, 2.05) is 31.2 Å². The van der Waals surface area contributed by atoms with E-state index in [4.69, 9.17) is 40.2 Å². The van der Waals surface area contributed by atoms with Gasteiger partial charge in [0.05, 0.1) is 26.3 Å². The minimum atomic E-state index is -0.368. The average Bonchev–Trinajstić information content (AvgIpc) is 3.10. The lowest BCUT2D eigenvalue weighted by molar-refractivity contribution is -0.118. The van der Waals surface area contributed by atoms with Crippen molar-refractivity contribution in [3.05, 3.63) is 92.8 Å². The van der Waals surface area contributed by atoms with E-state index < -0.39 is 0 Å². The van der Waals surface area contributed by atoms with Gasteiger partial charge in [0.25, 0.3) is 11.8 Å². The van der Waals surface area contributed by atoms with Crippen LogP contribution in [-0.2, 0) is 9.59 Å². The predicted molar refractivity (Wildman–Crippen MR) is 144 cm³/mol. The zero-order valence-electron chi connectivity index (χ0n) is 17.9. The first-order valence-corrected chi connectivity index (χ1v) is 12.1. The summed E-state index contributed by atoms with van der Waals surface area (Å²) in [4.78, 5) is 27.2. The monoisotopic (exact) mass is 528 g/mol. The Labute approximate surface area is 216 Å². The number of halogens is 2. The number of thiocarbonyl (C=S) groups is 1. The second-order valence-corrected chi connectivity index (χ2v) is 9.82. The van der Waals surface area contributed by atoms with E-state index in [1.165, 1.54) is 16.7 Å². The molecule has 0 aromatic heterocycles. The molecule has 1 heterocycles. The second-order valence-electron chi connectivity index (χ2n) is 7.36. The number of ether oxygens (including phenoxy) is 1. The average molecular weight is 529 g/mol. The predicted octanol–water partition coefficient (Wildman–Crippen LogP) is 6.73. The molecule has 0 spiro atoms. The standard InChI is InChI=1S/C25H18Cl2N2O3S2/c1-15-5-9-17(10-6-15)29-24(31)21(34-25(29)33)13-16-7-11-18(12-8-16)32-14-22(30)28-20-4-2-3-19(26)23(20)27/h2-13H,14H2,1H3,(H,28,30)/b21-13-. The molecule has 1 aliphatic rings. The molecule has 1 N–H and O–H groups in total. The van der Waals surface area contributed by atoms with Gasteiger partial charge in [0.15, 0.2) is 10.9 Å². The Morgan fingerprint density at radius 2 is 1.79 bits per heavy atom. The highest BCUT2D eigenvalue weighted by Gasteiger charge is 2.33. The smallest absolute Gasteiger partial charge is 0.270 e. The normalized spacial score (nSPS) is 14.6. The molecular formula is C25H18Cl2N2O3S2. The number of thioether (sulfide) groups is 1. The van der Waals surface area contributed by atoms with Crippen LogP contribution in [0.4, 0.5) is 11.4 Å². The lowest BCUT2D eigenvalue weighted by atomic mass is 10.2. The first-order chi connectivity index (χ1) is 16.3. The lowest BCUT2D eigenvalue weighted by Gasteiger charge is -2.14. The van der Waals surface area contributed by atoms with Crippen LogP contribution >= 0.6 is 47.2 Å². The van der Waals surface area contributed by atoms with Crippen LogP contribution in [0.15, 0.2) is 71.6 Å². The number of hydrogen-bond donors (Lipinski definition) is 1. The number of aryl methyl sites for hydroxylation is 1. The first-order valence-electron chi connectivity index (χ1n) is 10.1. The zero-order valence-corrected chi connectivity index (χ0v) is 21.0. The minimum absolute atomic E-state index is 0.157. The summed E-state index contributed by atoms with van der Waals surface area (Å²) < 4.78 is 6.04. The number of amides is 2. The quantitative estimate of drug-likeness (QED) is 0.284. The molecule has 1 fully saturated rings. The van der Waals surface area contributed by atoms with Crippen LogP contribution in [0.3, 0.4) is 0 Å². The van der Waals surface area contributed by atoms with E-state index in [2.05, 4.69) is 5.32 Å². The topological polar surface area (TPSA) is 58.6 Å². The molecule has 3 aromatic carbocycles. The van der Waals surface area contributed by atoms with Crippen molar-refractivity contribution in [1.82, 2.24) is 0 Å². The molecule has 2 amide bonds. The van der Waals surface area contributed by atoms with Gasteiger partial charge in [-0.15, -0.1) is 0 Å². The summed E-state index contributed by atoms with van der Waals surface area (Å²) in [5, 5.41) is 3.29. The van der Waals surface area contributed by atoms with E-state index in [1.54, 1.807) is 48.5 Å². The number of rotatable bonds is 6. The van der Waals surface area contributed by atoms with E-state index in [9.17, 15) is 9.59 Å². The van der Waals surface area contributed by atoms with Crippen molar-refractivity contribution in [2.24, 2.45) is 0 Å². The minimum Gasteiger partial charge on any atom is -0.484 e. The number of nitrogens with zero attached hydrogens (tertiary/aromatic N) is 1. The van der Waals surface area contributed by atoms with Gasteiger partial charge in [-0.3, -0.25) is 14.5 Å². The van der Waals surface area contributed by atoms with Crippen molar-refractivity contribution in [2.45, 2.75) is 6.92 Å². The Balaban J connectivity index is 1.37. The third kappa shape index (κ3) is 5.62. The van der Waals surface area contributed by atoms with Crippen LogP contribution in [0.25, 0.3) is 6.08 Å². The summed E-state index contributed by atoms with van der Waals surface area (Å²) in [5.74, 6) is -0.0137. The Morgan fingerprint density at radius 3 is 2.50 bits per heavy atom. The van der Waals surface area contributed by atoms with Crippen molar-refractivity contribution in [2.75, 3.05) is 16.8 Å². The maximum absolute atomic E-state index is 12.9. The van der Waals surface area contributed by atoms with Gasteiger partial charge in [0, 0.05) is 0 Å². The molecule has 4 rings (SSSR count). The number of anilines is 2. The molecular weight excluding hydrogens is 511 g/mol. The summed E-state index contributed by atoms with van der Waals surface area (Å²) in [5.41, 5.74) is 3.09. The first kappa shape index (κ1) is 24.3. The molecule has 9 heteroatoms. The van der Waals surface area contributed by atoms with Crippen LogP contribution in [-0.4, -0.2) is 22.7 Å². The summed E-state index contributed by atoms with van der Waals surface area (Å²) in [6.45, 7) is 1.79. The molecule has 1 aliphatic heterocycles. The Hall–Kier alpha value is -2.84. The van der Waals surface area contributed by atoms with Crippen LogP contribution in [0.5, 0.6) is 5.75 Å². The van der Waals surface area contributed by atoms with Gasteiger partial charge in [0.1, 0.15) is 5.75 Å². The van der Waals surface area contributed by atoms with Gasteiger partial charge in [-0.25, -0.2) is 0 Å². The molecule has 3 aromatic rings. The molecule has 0 saturated carbocycles. The number of hydrogen-bond acceptors (Lipinski definition) is 5. The number of nitrogens with one attached hydrogen (secondary N) is 1. The third-order valence-corrected chi connectivity index (χ3v) is 6.98. The second kappa shape index (κ2) is 10.6. The fourth-order valence-electron chi connectivity index (χ4n) is 3.13. The van der Waals surface area contributed by atoms with E-state index >= 15 is 0 Å². The summed E-state index contributed by atoms with van der Waals surface area (Å²) in [6, 6.07) is 19.7. The number of benzene rings is 3. The molecule has 34 heavy (non-hydrogen) atoms. The van der Waals surface area contributed by atoms with Crippen LogP contribution in [0.1, 0.15) is 11.1 Å². The lowest BCUT2D eigenvalue weighted by Crippen LogP contribution is -2.27. The van der Waals surface area contributed by atoms with Gasteiger partial charge < -0.3 is 10.1 Å². The molecule has 1 saturated heterocycles. The van der Waals surface area contributed by atoms with Crippen LogP contribution < -0.4 is 15.0 Å². The van der Waals surface area contributed by atoms with Gasteiger partial charge in [-0.05, 0) is 55.0 Å². The summed E-state index contributed by atoms with van der Waals surface area (Å²) >= 11 is 18.7. The number of carbonyl (C=O) groups is 2. The molecule has 0 bridgehead atoms. The maximum atomic E-state index is 12.9. The summed E-state index contributed by atoms with van der Waals surface area (Å²) in [6.07, 6.45) is 1.78. The molecule has 172 valence electrons. The van der Waals surface area contributed by atoms with Crippen LogP contribution in [0, 0.1) is 6.92 Å². The van der Waals surface area contributed by atoms with Gasteiger partial charge >= 0.3 is 0 Å². The SMILES string of the molecule is Cc1ccc(N2C(=O)/C(=C/c3ccc(OCC(=O)Nc4cccc(Cl)c4Cl)cc3)SC2=S)cc1. The van der Waals surface area contributed by atoms with Crippen molar-refractivity contribution in [3.8, 4) is 5.75 Å². The van der Waals surface area contributed by atoms with E-state index in [-0.39, 0.29) is 23.4 Å². The fraction of sp³-hybridized carbons (Fsp3) is 0.0800. The molecule has 0 atom stereocenters.